The molecule has 0 aromatic heterocycles. The van der Waals surface area contributed by atoms with Gasteiger partial charge in [0.1, 0.15) is 5.75 Å². The highest BCUT2D eigenvalue weighted by Crippen LogP contribution is 2.36. The molecule has 21 heavy (non-hydrogen) atoms. The summed E-state index contributed by atoms with van der Waals surface area (Å²) in [5.41, 5.74) is 7.21. The SMILES string of the molecule is COc1cccc(Cl)c1C(CN)N1CCN(C)C(C)(C)C1. The summed E-state index contributed by atoms with van der Waals surface area (Å²) < 4.78 is 5.50. The largest absolute Gasteiger partial charge is 0.496 e. The number of benzene rings is 1. The summed E-state index contributed by atoms with van der Waals surface area (Å²) in [6.45, 7) is 8.01. The van der Waals surface area contributed by atoms with Crippen molar-refractivity contribution in [3.8, 4) is 5.75 Å². The van der Waals surface area contributed by atoms with Gasteiger partial charge in [0.25, 0.3) is 0 Å². The van der Waals surface area contributed by atoms with Gasteiger partial charge in [0, 0.05) is 42.3 Å². The molecule has 1 aromatic rings. The first-order valence-electron chi connectivity index (χ1n) is 7.38. The maximum atomic E-state index is 6.43. The van der Waals surface area contributed by atoms with Crippen LogP contribution >= 0.6 is 11.6 Å². The van der Waals surface area contributed by atoms with E-state index in [1.807, 2.05) is 18.2 Å². The second-order valence-corrected chi connectivity index (χ2v) is 6.72. The average molecular weight is 312 g/mol. The van der Waals surface area contributed by atoms with Crippen molar-refractivity contribution >= 4 is 11.6 Å². The lowest BCUT2D eigenvalue weighted by atomic mass is 9.95. The lowest BCUT2D eigenvalue weighted by Gasteiger charge is -2.48. The molecule has 0 aliphatic carbocycles. The molecule has 1 saturated heterocycles. The van der Waals surface area contributed by atoms with Crippen molar-refractivity contribution < 1.29 is 4.74 Å². The van der Waals surface area contributed by atoms with Crippen LogP contribution in [0.4, 0.5) is 0 Å². The Kier molecular flexibility index (Phi) is 5.15. The lowest BCUT2D eigenvalue weighted by molar-refractivity contribution is 0.0175. The topological polar surface area (TPSA) is 41.7 Å². The van der Waals surface area contributed by atoms with E-state index in [4.69, 9.17) is 22.1 Å². The number of likely N-dealkylation sites (N-methyl/N-ethyl adjacent to an activating group) is 1. The van der Waals surface area contributed by atoms with E-state index >= 15 is 0 Å². The number of nitrogens with zero attached hydrogens (tertiary/aromatic N) is 2. The summed E-state index contributed by atoms with van der Waals surface area (Å²) in [7, 11) is 3.85. The highest BCUT2D eigenvalue weighted by Gasteiger charge is 2.35. The van der Waals surface area contributed by atoms with E-state index in [-0.39, 0.29) is 11.6 Å². The molecule has 0 radical (unpaired) electrons. The van der Waals surface area contributed by atoms with E-state index in [1.165, 1.54) is 0 Å². The van der Waals surface area contributed by atoms with Gasteiger partial charge >= 0.3 is 0 Å². The van der Waals surface area contributed by atoms with Gasteiger partial charge in [0.15, 0.2) is 0 Å². The van der Waals surface area contributed by atoms with Gasteiger partial charge in [-0.05, 0) is 33.0 Å². The normalized spacial score (nSPS) is 21.2. The molecule has 1 unspecified atom stereocenters. The number of hydrogen-bond donors (Lipinski definition) is 1. The van der Waals surface area contributed by atoms with E-state index in [2.05, 4.69) is 30.7 Å². The molecule has 1 fully saturated rings. The number of halogens is 1. The fourth-order valence-corrected chi connectivity index (χ4v) is 3.30. The Labute approximate surface area is 132 Å². The molecule has 1 heterocycles. The molecule has 1 aromatic carbocycles. The van der Waals surface area contributed by atoms with Gasteiger partial charge in [-0.25, -0.2) is 0 Å². The zero-order valence-electron chi connectivity index (χ0n) is 13.4. The predicted octanol–water partition coefficient (Wildman–Crippen LogP) is 2.37. The van der Waals surface area contributed by atoms with Gasteiger partial charge in [-0.2, -0.15) is 0 Å². The lowest BCUT2D eigenvalue weighted by Crippen LogP contribution is -2.58. The summed E-state index contributed by atoms with van der Waals surface area (Å²) >= 11 is 6.43. The van der Waals surface area contributed by atoms with Crippen LogP contribution in [0.2, 0.25) is 5.02 Å². The Morgan fingerprint density at radius 1 is 1.38 bits per heavy atom. The molecule has 1 aliphatic heterocycles. The molecule has 2 N–H and O–H groups in total. The van der Waals surface area contributed by atoms with Crippen LogP contribution in [0.5, 0.6) is 5.75 Å². The van der Waals surface area contributed by atoms with Crippen molar-refractivity contribution in [2.45, 2.75) is 25.4 Å². The highest BCUT2D eigenvalue weighted by atomic mass is 35.5. The number of methoxy groups -OCH3 is 1. The van der Waals surface area contributed by atoms with Crippen LogP contribution < -0.4 is 10.5 Å². The molecule has 0 bridgehead atoms. The minimum Gasteiger partial charge on any atom is -0.496 e. The van der Waals surface area contributed by atoms with Crippen molar-refractivity contribution in [3.05, 3.63) is 28.8 Å². The molecular weight excluding hydrogens is 286 g/mol. The molecule has 0 saturated carbocycles. The molecule has 1 aliphatic rings. The summed E-state index contributed by atoms with van der Waals surface area (Å²) in [4.78, 5) is 4.81. The second kappa shape index (κ2) is 6.53. The van der Waals surface area contributed by atoms with Crippen molar-refractivity contribution in [1.82, 2.24) is 9.80 Å². The van der Waals surface area contributed by atoms with Crippen LogP contribution in [0.3, 0.4) is 0 Å². The third kappa shape index (κ3) is 3.34. The first-order valence-corrected chi connectivity index (χ1v) is 7.76. The minimum atomic E-state index is 0.0848. The van der Waals surface area contributed by atoms with Crippen molar-refractivity contribution in [3.63, 3.8) is 0 Å². The quantitative estimate of drug-likeness (QED) is 0.927. The van der Waals surface area contributed by atoms with Crippen molar-refractivity contribution in [2.75, 3.05) is 40.3 Å². The maximum absolute atomic E-state index is 6.43. The fraction of sp³-hybridized carbons (Fsp3) is 0.625. The van der Waals surface area contributed by atoms with Gasteiger partial charge in [0.05, 0.1) is 13.2 Å². The third-order valence-corrected chi connectivity index (χ3v) is 4.91. The van der Waals surface area contributed by atoms with Gasteiger partial charge < -0.3 is 10.5 Å². The summed E-state index contributed by atoms with van der Waals surface area (Å²) in [5, 5.41) is 0.724. The standard InChI is InChI=1S/C16H26ClN3O/c1-16(2)11-20(9-8-19(16)3)13(10-18)15-12(17)6-5-7-14(15)21-4/h5-7,13H,8-11,18H2,1-4H3. The Morgan fingerprint density at radius 3 is 2.67 bits per heavy atom. The molecule has 0 spiro atoms. The third-order valence-electron chi connectivity index (χ3n) is 4.58. The van der Waals surface area contributed by atoms with E-state index in [1.54, 1.807) is 7.11 Å². The maximum Gasteiger partial charge on any atom is 0.125 e. The van der Waals surface area contributed by atoms with Gasteiger partial charge in [-0.1, -0.05) is 17.7 Å². The predicted molar refractivity (Wildman–Crippen MR) is 88.1 cm³/mol. The average Bonchev–Trinajstić information content (AvgIpc) is 2.44. The van der Waals surface area contributed by atoms with Crippen LogP contribution in [-0.4, -0.2) is 55.7 Å². The Hall–Kier alpha value is -0.810. The first-order chi connectivity index (χ1) is 9.90. The van der Waals surface area contributed by atoms with E-state index in [0.29, 0.717) is 6.54 Å². The molecule has 1 atom stereocenters. The van der Waals surface area contributed by atoms with Gasteiger partial charge in [-0.3, -0.25) is 9.80 Å². The molecular formula is C16H26ClN3O. The smallest absolute Gasteiger partial charge is 0.125 e. The molecule has 118 valence electrons. The van der Waals surface area contributed by atoms with Gasteiger partial charge in [0.2, 0.25) is 0 Å². The van der Waals surface area contributed by atoms with E-state index in [0.717, 1.165) is 36.0 Å². The van der Waals surface area contributed by atoms with E-state index < -0.39 is 0 Å². The molecule has 4 nitrogen and oxygen atoms in total. The van der Waals surface area contributed by atoms with Crippen LogP contribution in [-0.2, 0) is 0 Å². The number of ether oxygens (including phenoxy) is 1. The Balaban J connectivity index is 2.33. The highest BCUT2D eigenvalue weighted by molar-refractivity contribution is 6.31. The fourth-order valence-electron chi connectivity index (χ4n) is 3.01. The zero-order valence-corrected chi connectivity index (χ0v) is 14.2. The summed E-state index contributed by atoms with van der Waals surface area (Å²) in [6.07, 6.45) is 0. The monoisotopic (exact) mass is 311 g/mol. The van der Waals surface area contributed by atoms with Crippen LogP contribution in [0.15, 0.2) is 18.2 Å². The number of nitrogens with two attached hydrogens (primary N) is 1. The molecule has 2 rings (SSSR count). The van der Waals surface area contributed by atoms with Crippen molar-refractivity contribution in [2.24, 2.45) is 5.73 Å². The van der Waals surface area contributed by atoms with Gasteiger partial charge in [-0.15, -0.1) is 0 Å². The van der Waals surface area contributed by atoms with Crippen LogP contribution in [0.1, 0.15) is 25.5 Å². The summed E-state index contributed by atoms with van der Waals surface area (Å²) in [5.74, 6) is 0.815. The van der Waals surface area contributed by atoms with Crippen LogP contribution in [0, 0.1) is 0 Å². The first kappa shape index (κ1) is 16.6. The molecule has 0 amide bonds. The molecule has 5 heteroatoms. The van der Waals surface area contributed by atoms with Crippen LogP contribution in [0.25, 0.3) is 0 Å². The number of piperazine rings is 1. The van der Waals surface area contributed by atoms with E-state index in [9.17, 15) is 0 Å². The number of rotatable bonds is 4. The Bertz CT molecular complexity index is 492. The second-order valence-electron chi connectivity index (χ2n) is 6.31. The number of hydrogen-bond acceptors (Lipinski definition) is 4. The minimum absolute atomic E-state index is 0.0848. The summed E-state index contributed by atoms with van der Waals surface area (Å²) in [6, 6.07) is 5.85. The Morgan fingerprint density at radius 2 is 2.10 bits per heavy atom. The zero-order chi connectivity index (χ0) is 15.6. The van der Waals surface area contributed by atoms with Crippen molar-refractivity contribution in [1.29, 1.82) is 0 Å².